The van der Waals surface area contributed by atoms with E-state index in [0.29, 0.717) is 13.0 Å². The highest BCUT2D eigenvalue weighted by Gasteiger charge is 2.03. The number of rotatable bonds is 5. The van der Waals surface area contributed by atoms with E-state index in [-0.39, 0.29) is 11.7 Å². The Labute approximate surface area is 109 Å². The quantitative estimate of drug-likeness (QED) is 0.883. The largest absolute Gasteiger partial charge is 0.355 e. The van der Waals surface area contributed by atoms with Crippen molar-refractivity contribution >= 4 is 17.2 Å². The van der Waals surface area contributed by atoms with Gasteiger partial charge in [-0.05, 0) is 35.6 Å². The fourth-order valence-corrected chi connectivity index (χ4v) is 2.34. The normalized spacial score (nSPS) is 10.3. The number of hydrogen-bond acceptors (Lipinski definition) is 2. The zero-order chi connectivity index (χ0) is 12.8. The van der Waals surface area contributed by atoms with Crippen molar-refractivity contribution in [1.29, 1.82) is 0 Å². The van der Waals surface area contributed by atoms with E-state index in [1.54, 1.807) is 23.5 Å². The van der Waals surface area contributed by atoms with Gasteiger partial charge in [0.2, 0.25) is 5.91 Å². The third kappa shape index (κ3) is 3.96. The monoisotopic (exact) mass is 263 g/mol. The Morgan fingerprint density at radius 3 is 2.67 bits per heavy atom. The Morgan fingerprint density at radius 2 is 2.00 bits per heavy atom. The molecule has 2 aromatic rings. The molecule has 0 fully saturated rings. The highest BCUT2D eigenvalue weighted by molar-refractivity contribution is 7.09. The Balaban J connectivity index is 1.73. The maximum absolute atomic E-state index is 12.7. The zero-order valence-corrected chi connectivity index (χ0v) is 10.7. The SMILES string of the molecule is O=C(Cc1ccc(F)cc1)NCCc1cccs1. The first-order valence-corrected chi connectivity index (χ1v) is 6.65. The zero-order valence-electron chi connectivity index (χ0n) is 9.86. The van der Waals surface area contributed by atoms with Crippen LogP contribution in [0, 0.1) is 5.82 Å². The van der Waals surface area contributed by atoms with Gasteiger partial charge in [0.05, 0.1) is 6.42 Å². The van der Waals surface area contributed by atoms with Crippen LogP contribution in [0.15, 0.2) is 41.8 Å². The van der Waals surface area contributed by atoms with Gasteiger partial charge in [-0.25, -0.2) is 4.39 Å². The number of benzene rings is 1. The second-order valence-corrected chi connectivity index (χ2v) is 5.01. The molecular weight excluding hydrogens is 249 g/mol. The molecule has 18 heavy (non-hydrogen) atoms. The molecule has 0 spiro atoms. The number of carbonyl (C=O) groups excluding carboxylic acids is 1. The molecule has 4 heteroatoms. The first-order chi connectivity index (χ1) is 8.74. The topological polar surface area (TPSA) is 29.1 Å². The summed E-state index contributed by atoms with van der Waals surface area (Å²) in [5.74, 6) is -0.310. The van der Waals surface area contributed by atoms with Gasteiger partial charge in [0, 0.05) is 11.4 Å². The van der Waals surface area contributed by atoms with E-state index in [4.69, 9.17) is 0 Å². The molecule has 0 unspecified atom stereocenters. The predicted molar refractivity (Wildman–Crippen MR) is 71.1 cm³/mol. The molecule has 0 aliphatic heterocycles. The van der Waals surface area contributed by atoms with Crippen LogP contribution in [0.25, 0.3) is 0 Å². The molecule has 0 saturated heterocycles. The summed E-state index contributed by atoms with van der Waals surface area (Å²) in [7, 11) is 0. The minimum absolute atomic E-state index is 0.0295. The van der Waals surface area contributed by atoms with Gasteiger partial charge >= 0.3 is 0 Å². The van der Waals surface area contributed by atoms with Gasteiger partial charge in [-0.15, -0.1) is 11.3 Å². The molecule has 1 amide bonds. The number of amides is 1. The highest BCUT2D eigenvalue weighted by atomic mass is 32.1. The maximum Gasteiger partial charge on any atom is 0.224 e. The van der Waals surface area contributed by atoms with Crippen LogP contribution >= 0.6 is 11.3 Å². The smallest absolute Gasteiger partial charge is 0.224 e. The van der Waals surface area contributed by atoms with Crippen molar-refractivity contribution < 1.29 is 9.18 Å². The van der Waals surface area contributed by atoms with Crippen LogP contribution in [0.4, 0.5) is 4.39 Å². The molecule has 0 saturated carbocycles. The van der Waals surface area contributed by atoms with Crippen molar-refractivity contribution in [2.75, 3.05) is 6.54 Å². The lowest BCUT2D eigenvalue weighted by molar-refractivity contribution is -0.120. The van der Waals surface area contributed by atoms with Crippen molar-refractivity contribution in [2.24, 2.45) is 0 Å². The van der Waals surface area contributed by atoms with E-state index in [1.807, 2.05) is 11.4 Å². The van der Waals surface area contributed by atoms with E-state index in [9.17, 15) is 9.18 Å². The average Bonchev–Trinajstić information content (AvgIpc) is 2.85. The third-order valence-electron chi connectivity index (χ3n) is 2.55. The molecule has 1 aromatic heterocycles. The van der Waals surface area contributed by atoms with Crippen LogP contribution < -0.4 is 5.32 Å². The summed E-state index contributed by atoms with van der Waals surface area (Å²) in [6.07, 6.45) is 1.15. The van der Waals surface area contributed by atoms with Crippen LogP contribution in [0.2, 0.25) is 0 Å². The molecule has 0 aliphatic rings. The van der Waals surface area contributed by atoms with Crippen molar-refractivity contribution in [1.82, 2.24) is 5.32 Å². The lowest BCUT2D eigenvalue weighted by Crippen LogP contribution is -2.27. The van der Waals surface area contributed by atoms with Crippen molar-refractivity contribution in [2.45, 2.75) is 12.8 Å². The molecular formula is C14H14FNOS. The van der Waals surface area contributed by atoms with Gasteiger partial charge in [-0.3, -0.25) is 4.79 Å². The molecule has 1 N–H and O–H groups in total. The minimum Gasteiger partial charge on any atom is -0.355 e. The molecule has 2 rings (SSSR count). The van der Waals surface area contributed by atoms with Crippen molar-refractivity contribution in [3.63, 3.8) is 0 Å². The number of thiophene rings is 1. The predicted octanol–water partition coefficient (Wildman–Crippen LogP) is 2.79. The van der Waals surface area contributed by atoms with Crippen molar-refractivity contribution in [3.8, 4) is 0 Å². The lowest BCUT2D eigenvalue weighted by Gasteiger charge is -2.04. The average molecular weight is 263 g/mol. The van der Waals surface area contributed by atoms with Gasteiger partial charge in [-0.2, -0.15) is 0 Å². The number of hydrogen-bond donors (Lipinski definition) is 1. The molecule has 1 heterocycles. The Kier molecular flexibility index (Phi) is 4.47. The minimum atomic E-state index is -0.281. The number of nitrogens with one attached hydrogen (secondary N) is 1. The van der Waals surface area contributed by atoms with Crippen LogP contribution in [0.3, 0.4) is 0 Å². The van der Waals surface area contributed by atoms with Gasteiger partial charge < -0.3 is 5.32 Å². The van der Waals surface area contributed by atoms with Crippen molar-refractivity contribution in [3.05, 3.63) is 58.0 Å². The first kappa shape index (κ1) is 12.8. The van der Waals surface area contributed by atoms with E-state index in [2.05, 4.69) is 11.4 Å². The second-order valence-electron chi connectivity index (χ2n) is 3.98. The van der Waals surface area contributed by atoms with Crippen LogP contribution in [0.5, 0.6) is 0 Å². The van der Waals surface area contributed by atoms with E-state index >= 15 is 0 Å². The van der Waals surface area contributed by atoms with Gasteiger partial charge in [-0.1, -0.05) is 18.2 Å². The highest BCUT2D eigenvalue weighted by Crippen LogP contribution is 2.08. The summed E-state index contributed by atoms with van der Waals surface area (Å²) in [5, 5.41) is 4.88. The first-order valence-electron chi connectivity index (χ1n) is 5.77. The summed E-state index contributed by atoms with van der Waals surface area (Å²) in [6, 6.07) is 10.1. The Morgan fingerprint density at radius 1 is 1.22 bits per heavy atom. The van der Waals surface area contributed by atoms with Crippen LogP contribution in [-0.2, 0) is 17.6 Å². The molecule has 94 valence electrons. The standard InChI is InChI=1S/C14H14FNOS/c15-12-5-3-11(4-6-12)10-14(17)16-8-7-13-2-1-9-18-13/h1-6,9H,7-8,10H2,(H,16,17). The summed E-state index contributed by atoms with van der Waals surface area (Å²) in [5.41, 5.74) is 0.824. The maximum atomic E-state index is 12.7. The molecule has 0 radical (unpaired) electrons. The summed E-state index contributed by atoms with van der Waals surface area (Å²) < 4.78 is 12.7. The summed E-state index contributed by atoms with van der Waals surface area (Å²) in [4.78, 5) is 12.9. The fraction of sp³-hybridized carbons (Fsp3) is 0.214. The molecule has 0 aliphatic carbocycles. The van der Waals surface area contributed by atoms with Gasteiger partial charge in [0.25, 0.3) is 0 Å². The lowest BCUT2D eigenvalue weighted by atomic mass is 10.1. The van der Waals surface area contributed by atoms with E-state index in [0.717, 1.165) is 12.0 Å². The van der Waals surface area contributed by atoms with Crippen LogP contribution in [0.1, 0.15) is 10.4 Å². The number of halogens is 1. The summed E-state index contributed by atoms with van der Waals surface area (Å²) >= 11 is 1.69. The molecule has 2 nitrogen and oxygen atoms in total. The summed E-state index contributed by atoms with van der Waals surface area (Å²) in [6.45, 7) is 0.639. The van der Waals surface area contributed by atoms with E-state index < -0.39 is 0 Å². The third-order valence-corrected chi connectivity index (χ3v) is 3.49. The number of carbonyl (C=O) groups is 1. The molecule has 0 bridgehead atoms. The van der Waals surface area contributed by atoms with Gasteiger partial charge in [0.15, 0.2) is 0 Å². The molecule has 0 atom stereocenters. The Bertz CT molecular complexity index is 493. The second kappa shape index (κ2) is 6.31. The van der Waals surface area contributed by atoms with Crippen LogP contribution in [-0.4, -0.2) is 12.5 Å². The van der Waals surface area contributed by atoms with Gasteiger partial charge in [0.1, 0.15) is 5.82 Å². The Hall–Kier alpha value is -1.68. The fourth-order valence-electron chi connectivity index (χ4n) is 1.63. The molecule has 1 aromatic carbocycles. The van der Waals surface area contributed by atoms with E-state index in [1.165, 1.54) is 17.0 Å².